The van der Waals surface area contributed by atoms with E-state index in [0.29, 0.717) is 18.1 Å². The van der Waals surface area contributed by atoms with E-state index < -0.39 is 0 Å². The summed E-state index contributed by atoms with van der Waals surface area (Å²) in [5.41, 5.74) is 0.414. The smallest absolute Gasteiger partial charge is 0.302 e. The number of hydrogen-bond donors (Lipinski definition) is 0. The van der Waals surface area contributed by atoms with Crippen LogP contribution in [0.4, 0.5) is 0 Å². The maximum atomic E-state index is 12.4. The summed E-state index contributed by atoms with van der Waals surface area (Å²) in [6.45, 7) is 3.61. The Balaban J connectivity index is 1.78. The Bertz CT molecular complexity index is 802. The summed E-state index contributed by atoms with van der Waals surface area (Å²) in [4.78, 5) is 30.1. The molecular weight excluding hydrogens is 312 g/mol. The van der Waals surface area contributed by atoms with Crippen molar-refractivity contribution in [2.45, 2.75) is 13.8 Å². The second kappa shape index (κ2) is 6.34. The lowest BCUT2D eigenvalue weighted by atomic mass is 10.2. The molecule has 1 amide bonds. The van der Waals surface area contributed by atoms with Gasteiger partial charge in [-0.2, -0.15) is 0 Å². The number of ether oxygens (including phenoxy) is 1. The topological polar surface area (TPSA) is 59.0 Å². The predicted octanol–water partition coefficient (Wildman–Crippen LogP) is 3.07. The van der Waals surface area contributed by atoms with Crippen LogP contribution in [0.15, 0.2) is 41.0 Å². The fourth-order valence-corrected chi connectivity index (χ4v) is 3.42. The third-order valence-corrected chi connectivity index (χ3v) is 4.54. The molecule has 2 heterocycles. The summed E-state index contributed by atoms with van der Waals surface area (Å²) in [5.74, 6) is 0.105. The number of thiophene rings is 1. The van der Waals surface area contributed by atoms with Crippen molar-refractivity contribution in [1.29, 1.82) is 0 Å². The average Bonchev–Trinajstić information content (AvgIpc) is 3.02. The van der Waals surface area contributed by atoms with E-state index in [2.05, 4.69) is 11.1 Å². The zero-order valence-corrected chi connectivity index (χ0v) is 13.7. The highest BCUT2D eigenvalue weighted by atomic mass is 32.1. The molecular formula is C17H16N2O3S. The number of esters is 1. The third-order valence-electron chi connectivity index (χ3n) is 3.48. The molecule has 0 bridgehead atoms. The van der Waals surface area contributed by atoms with Crippen LogP contribution in [0.2, 0.25) is 0 Å². The van der Waals surface area contributed by atoms with Crippen LogP contribution in [-0.4, -0.2) is 35.8 Å². The molecule has 1 aliphatic rings. The highest BCUT2D eigenvalue weighted by Crippen LogP contribution is 2.28. The van der Waals surface area contributed by atoms with Crippen LogP contribution >= 0.6 is 11.3 Å². The molecule has 23 heavy (non-hydrogen) atoms. The van der Waals surface area contributed by atoms with Crippen molar-refractivity contribution in [3.8, 4) is 0 Å². The van der Waals surface area contributed by atoms with Gasteiger partial charge in [-0.1, -0.05) is 18.2 Å². The average molecular weight is 328 g/mol. The van der Waals surface area contributed by atoms with Gasteiger partial charge in [0.15, 0.2) is 0 Å². The van der Waals surface area contributed by atoms with Crippen molar-refractivity contribution in [1.82, 2.24) is 4.90 Å². The summed E-state index contributed by atoms with van der Waals surface area (Å²) < 4.78 is 6.07. The minimum atomic E-state index is -0.354. The lowest BCUT2D eigenvalue weighted by Gasteiger charge is -2.15. The number of amides is 1. The van der Waals surface area contributed by atoms with Crippen LogP contribution in [0, 0.1) is 0 Å². The number of nitrogens with zero attached hydrogens (tertiary/aromatic N) is 2. The number of fused-ring (bicyclic) bond motifs is 1. The van der Waals surface area contributed by atoms with Gasteiger partial charge >= 0.3 is 5.97 Å². The van der Waals surface area contributed by atoms with E-state index in [0.717, 1.165) is 10.3 Å². The van der Waals surface area contributed by atoms with Gasteiger partial charge in [0, 0.05) is 16.5 Å². The Morgan fingerprint density at radius 1 is 1.39 bits per heavy atom. The zero-order chi connectivity index (χ0) is 16.4. The standard InChI is InChI=1S/C17H16N2O3S/c1-11-18-15(17(21)19(11)7-8-22-12(2)20)10-14-9-13-5-3-4-6-16(13)23-14/h3-6,9-10H,7-8H2,1-2H3/b15-10-. The lowest BCUT2D eigenvalue weighted by Crippen LogP contribution is -2.33. The Morgan fingerprint density at radius 2 is 2.17 bits per heavy atom. The van der Waals surface area contributed by atoms with E-state index in [4.69, 9.17) is 4.74 Å². The fourth-order valence-electron chi connectivity index (χ4n) is 2.41. The maximum Gasteiger partial charge on any atom is 0.302 e. The molecule has 0 aliphatic carbocycles. The molecule has 3 rings (SSSR count). The van der Waals surface area contributed by atoms with E-state index in [1.54, 1.807) is 18.3 Å². The fraction of sp³-hybridized carbons (Fsp3) is 0.235. The van der Waals surface area contributed by atoms with Gasteiger partial charge in [0.1, 0.15) is 18.1 Å². The number of rotatable bonds is 4. The molecule has 118 valence electrons. The van der Waals surface area contributed by atoms with Crippen molar-refractivity contribution in [3.63, 3.8) is 0 Å². The van der Waals surface area contributed by atoms with Crippen LogP contribution < -0.4 is 0 Å². The van der Waals surface area contributed by atoms with E-state index in [1.165, 1.54) is 16.5 Å². The molecule has 0 unspecified atom stereocenters. The van der Waals surface area contributed by atoms with Crippen LogP contribution in [0.3, 0.4) is 0 Å². The number of carbonyl (C=O) groups is 2. The Hall–Kier alpha value is -2.47. The molecule has 0 N–H and O–H groups in total. The van der Waals surface area contributed by atoms with E-state index >= 15 is 0 Å². The minimum Gasteiger partial charge on any atom is -0.464 e. The molecule has 6 heteroatoms. The first-order valence-corrected chi connectivity index (χ1v) is 8.07. The summed E-state index contributed by atoms with van der Waals surface area (Å²) in [7, 11) is 0. The van der Waals surface area contributed by atoms with Crippen LogP contribution in [-0.2, 0) is 14.3 Å². The second-order valence-corrected chi connectivity index (χ2v) is 6.29. The van der Waals surface area contributed by atoms with Gasteiger partial charge < -0.3 is 4.74 Å². The van der Waals surface area contributed by atoms with Crippen molar-refractivity contribution >= 4 is 45.2 Å². The van der Waals surface area contributed by atoms with Gasteiger partial charge in [0.05, 0.1) is 6.54 Å². The largest absolute Gasteiger partial charge is 0.464 e. The Kier molecular flexibility index (Phi) is 4.25. The van der Waals surface area contributed by atoms with Gasteiger partial charge in [-0.25, -0.2) is 4.99 Å². The van der Waals surface area contributed by atoms with Crippen molar-refractivity contribution < 1.29 is 14.3 Å². The minimum absolute atomic E-state index is 0.160. The number of benzene rings is 1. The monoisotopic (exact) mass is 328 g/mol. The molecule has 5 nitrogen and oxygen atoms in total. The molecule has 1 aromatic heterocycles. The number of carbonyl (C=O) groups excluding carboxylic acids is 2. The summed E-state index contributed by atoms with van der Waals surface area (Å²) >= 11 is 1.62. The Labute approximate surface area is 137 Å². The van der Waals surface area contributed by atoms with Crippen LogP contribution in [0.25, 0.3) is 16.2 Å². The van der Waals surface area contributed by atoms with Crippen molar-refractivity contribution in [2.24, 2.45) is 4.99 Å². The van der Waals surface area contributed by atoms with Gasteiger partial charge in [0.2, 0.25) is 0 Å². The van der Waals surface area contributed by atoms with Gasteiger partial charge in [-0.15, -0.1) is 11.3 Å². The van der Waals surface area contributed by atoms with Gasteiger partial charge in [-0.05, 0) is 30.5 Å². The van der Waals surface area contributed by atoms with Gasteiger partial charge in [-0.3, -0.25) is 14.5 Å². The molecule has 1 aliphatic heterocycles. The van der Waals surface area contributed by atoms with E-state index in [1.807, 2.05) is 30.3 Å². The highest BCUT2D eigenvalue weighted by molar-refractivity contribution is 7.19. The van der Waals surface area contributed by atoms with E-state index in [9.17, 15) is 9.59 Å². The first-order chi connectivity index (χ1) is 11.0. The normalized spacial score (nSPS) is 16.3. The first kappa shape index (κ1) is 15.4. The quantitative estimate of drug-likeness (QED) is 0.640. The number of amidine groups is 1. The lowest BCUT2D eigenvalue weighted by molar-refractivity contribution is -0.142. The van der Waals surface area contributed by atoms with Gasteiger partial charge in [0.25, 0.3) is 5.91 Å². The molecule has 2 aromatic rings. The molecule has 0 saturated carbocycles. The first-order valence-electron chi connectivity index (χ1n) is 7.25. The number of aliphatic imine (C=N–C) groups is 1. The highest BCUT2D eigenvalue weighted by Gasteiger charge is 2.27. The zero-order valence-electron chi connectivity index (χ0n) is 12.9. The van der Waals surface area contributed by atoms with Crippen molar-refractivity contribution in [2.75, 3.05) is 13.2 Å². The molecule has 1 aromatic carbocycles. The molecule has 0 atom stereocenters. The molecule has 0 saturated heterocycles. The summed E-state index contributed by atoms with van der Waals surface area (Å²) in [5, 5.41) is 1.15. The van der Waals surface area contributed by atoms with Crippen LogP contribution in [0.5, 0.6) is 0 Å². The van der Waals surface area contributed by atoms with Crippen molar-refractivity contribution in [3.05, 3.63) is 40.9 Å². The third kappa shape index (κ3) is 3.32. The predicted molar refractivity (Wildman–Crippen MR) is 91.3 cm³/mol. The summed E-state index contributed by atoms with van der Waals surface area (Å²) in [6.07, 6.45) is 1.81. The summed E-state index contributed by atoms with van der Waals surface area (Å²) in [6, 6.07) is 10.1. The molecule has 0 fully saturated rings. The van der Waals surface area contributed by atoms with Crippen LogP contribution in [0.1, 0.15) is 18.7 Å². The number of hydrogen-bond acceptors (Lipinski definition) is 5. The van der Waals surface area contributed by atoms with E-state index in [-0.39, 0.29) is 18.5 Å². The Morgan fingerprint density at radius 3 is 2.91 bits per heavy atom. The second-order valence-electron chi connectivity index (χ2n) is 5.17. The SMILES string of the molecule is CC(=O)OCCN1C(=O)/C(=C/c2cc3ccccc3s2)N=C1C. The molecule has 0 radical (unpaired) electrons. The molecule has 0 spiro atoms. The maximum absolute atomic E-state index is 12.4.